The van der Waals surface area contributed by atoms with Crippen LogP contribution < -0.4 is 11.1 Å². The van der Waals surface area contributed by atoms with Gasteiger partial charge in [0.1, 0.15) is 5.82 Å². The number of carbonyl (C=O) groups excluding carboxylic acids is 1. The summed E-state index contributed by atoms with van der Waals surface area (Å²) in [5.41, 5.74) is 1.02. The molecule has 0 saturated heterocycles. The molecule has 0 bridgehead atoms. The van der Waals surface area contributed by atoms with E-state index in [0.29, 0.717) is 50.6 Å². The molecule has 34 heavy (non-hydrogen) atoms. The van der Waals surface area contributed by atoms with E-state index in [4.69, 9.17) is 9.72 Å². The summed E-state index contributed by atoms with van der Waals surface area (Å²) >= 11 is 1.35. The predicted molar refractivity (Wildman–Crippen MR) is 133 cm³/mol. The van der Waals surface area contributed by atoms with Crippen LogP contribution in [0.4, 0.5) is 0 Å². The van der Waals surface area contributed by atoms with Crippen molar-refractivity contribution in [3.05, 3.63) is 74.6 Å². The lowest BCUT2D eigenvalue weighted by Gasteiger charge is -2.13. The summed E-state index contributed by atoms with van der Waals surface area (Å²) in [7, 11) is 1.30. The summed E-state index contributed by atoms with van der Waals surface area (Å²) < 4.78 is 6.48. The van der Waals surface area contributed by atoms with Gasteiger partial charge in [-0.25, -0.2) is 14.8 Å². The molecule has 0 fully saturated rings. The van der Waals surface area contributed by atoms with Crippen molar-refractivity contribution in [1.82, 2.24) is 19.5 Å². The zero-order valence-electron chi connectivity index (χ0n) is 19.2. The Hall–Kier alpha value is -3.46. The van der Waals surface area contributed by atoms with Gasteiger partial charge in [0.25, 0.3) is 11.1 Å². The highest BCUT2D eigenvalue weighted by molar-refractivity contribution is 7.98. The number of nitrogens with zero attached hydrogens (tertiary/aromatic N) is 3. The number of rotatable bonds is 9. The number of hydrogen-bond acceptors (Lipinski definition) is 7. The molecule has 8 nitrogen and oxygen atoms in total. The number of carbonyl (C=O) groups is 1. The second-order valence-corrected chi connectivity index (χ2v) is 8.90. The molecule has 4 rings (SSSR count). The highest BCUT2D eigenvalue weighted by atomic mass is 32.2. The molecule has 0 atom stereocenters. The number of aromatic amines is 1. The summed E-state index contributed by atoms with van der Waals surface area (Å²) in [6.07, 6.45) is 4.17. The summed E-state index contributed by atoms with van der Waals surface area (Å²) in [5.74, 6) is 0.254. The fourth-order valence-corrected chi connectivity index (χ4v) is 4.68. The lowest BCUT2D eigenvalue weighted by atomic mass is 10.1. The number of thioether (sulfide) groups is 1. The van der Waals surface area contributed by atoms with E-state index in [1.54, 1.807) is 22.8 Å². The van der Waals surface area contributed by atoms with Crippen LogP contribution in [0.15, 0.2) is 57.2 Å². The number of hydrogen-bond donors (Lipinski definition) is 1. The van der Waals surface area contributed by atoms with E-state index in [9.17, 15) is 14.4 Å². The molecule has 9 heteroatoms. The van der Waals surface area contributed by atoms with Crippen molar-refractivity contribution in [3.8, 4) is 0 Å². The zero-order chi connectivity index (χ0) is 24.1. The van der Waals surface area contributed by atoms with Crippen molar-refractivity contribution >= 4 is 39.5 Å². The molecule has 0 unspecified atom stereocenters. The smallest absolute Gasteiger partial charge is 0.337 e. The quantitative estimate of drug-likeness (QED) is 0.165. The van der Waals surface area contributed by atoms with Crippen LogP contribution in [0.5, 0.6) is 0 Å². The molecule has 0 radical (unpaired) electrons. The second kappa shape index (κ2) is 10.6. The average Bonchev–Trinajstić information content (AvgIpc) is 2.85. The first-order valence-corrected chi connectivity index (χ1v) is 12.2. The Morgan fingerprint density at radius 1 is 1.03 bits per heavy atom. The van der Waals surface area contributed by atoms with Gasteiger partial charge < -0.3 is 9.72 Å². The van der Waals surface area contributed by atoms with Crippen molar-refractivity contribution in [3.63, 3.8) is 0 Å². The van der Waals surface area contributed by atoms with Crippen LogP contribution in [0, 0.1) is 0 Å². The van der Waals surface area contributed by atoms with Crippen LogP contribution in [0.2, 0.25) is 0 Å². The molecule has 2 aromatic heterocycles. The van der Waals surface area contributed by atoms with E-state index in [1.807, 2.05) is 18.2 Å². The maximum absolute atomic E-state index is 13.2. The number of ether oxygens (including phenoxy) is 1. The molecule has 176 valence electrons. The predicted octanol–water partition coefficient (Wildman–Crippen LogP) is 4.29. The second-order valence-electron chi connectivity index (χ2n) is 7.95. The van der Waals surface area contributed by atoms with Gasteiger partial charge in [0.05, 0.1) is 40.2 Å². The van der Waals surface area contributed by atoms with E-state index in [0.717, 1.165) is 25.7 Å². The number of benzene rings is 2. The Labute approximate surface area is 200 Å². The highest BCUT2D eigenvalue weighted by Gasteiger charge is 2.14. The number of fused-ring (bicyclic) bond motifs is 2. The summed E-state index contributed by atoms with van der Waals surface area (Å²) in [6, 6.07) is 12.0. The molecule has 1 N–H and O–H groups in total. The molecular formula is C25H26N4O4S. The number of methoxy groups -OCH3 is 1. The Morgan fingerprint density at radius 3 is 2.65 bits per heavy atom. The zero-order valence-corrected chi connectivity index (χ0v) is 20.0. The number of unbranched alkanes of at least 4 members (excludes halogenated alkanes) is 3. The molecule has 4 aromatic rings. The topological polar surface area (TPSA) is 107 Å². The van der Waals surface area contributed by atoms with Gasteiger partial charge in [-0.1, -0.05) is 50.1 Å². The van der Waals surface area contributed by atoms with Crippen LogP contribution >= 0.6 is 11.8 Å². The van der Waals surface area contributed by atoms with Crippen molar-refractivity contribution in [1.29, 1.82) is 0 Å². The van der Waals surface area contributed by atoms with Crippen LogP contribution in [0.1, 0.15) is 48.8 Å². The minimum Gasteiger partial charge on any atom is -0.465 e. The Morgan fingerprint density at radius 2 is 1.85 bits per heavy atom. The largest absolute Gasteiger partial charge is 0.465 e. The number of H-pyrrole nitrogens is 1. The molecule has 0 spiro atoms. The molecule has 0 aliphatic carbocycles. The SMILES string of the molecule is CCCCCCn1c(SCc2nc3cc(C(=O)OC)ccc3c(=O)[nH]2)nc2ccccc2c1=O. The fourth-order valence-electron chi connectivity index (χ4n) is 3.79. The molecule has 2 aromatic carbocycles. The van der Waals surface area contributed by atoms with Gasteiger partial charge in [0.15, 0.2) is 5.16 Å². The van der Waals surface area contributed by atoms with Gasteiger partial charge >= 0.3 is 5.97 Å². The number of para-hydroxylation sites is 1. The third-order valence-corrected chi connectivity index (χ3v) is 6.56. The first-order valence-electron chi connectivity index (χ1n) is 11.3. The maximum atomic E-state index is 13.2. The summed E-state index contributed by atoms with van der Waals surface area (Å²) in [6.45, 7) is 2.74. The molecule has 0 saturated carbocycles. The van der Waals surface area contributed by atoms with Gasteiger partial charge in [0, 0.05) is 6.54 Å². The van der Waals surface area contributed by atoms with Crippen molar-refractivity contribution in [2.75, 3.05) is 7.11 Å². The monoisotopic (exact) mass is 478 g/mol. The van der Waals surface area contributed by atoms with Gasteiger partial charge in [-0.15, -0.1) is 0 Å². The van der Waals surface area contributed by atoms with E-state index in [2.05, 4.69) is 16.9 Å². The molecule has 2 heterocycles. The Kier molecular flexibility index (Phi) is 7.42. The summed E-state index contributed by atoms with van der Waals surface area (Å²) in [5, 5.41) is 1.57. The third-order valence-electron chi connectivity index (χ3n) is 5.58. The van der Waals surface area contributed by atoms with Gasteiger partial charge in [-0.2, -0.15) is 0 Å². The summed E-state index contributed by atoms with van der Waals surface area (Å²) in [4.78, 5) is 49.7. The van der Waals surface area contributed by atoms with Crippen LogP contribution in [-0.4, -0.2) is 32.6 Å². The van der Waals surface area contributed by atoms with Gasteiger partial charge in [0.2, 0.25) is 0 Å². The van der Waals surface area contributed by atoms with Crippen molar-refractivity contribution in [2.24, 2.45) is 0 Å². The fraction of sp³-hybridized carbons (Fsp3) is 0.320. The number of nitrogens with one attached hydrogen (secondary N) is 1. The minimum absolute atomic E-state index is 0.0627. The Balaban J connectivity index is 1.66. The first-order chi connectivity index (χ1) is 16.5. The lowest BCUT2D eigenvalue weighted by Crippen LogP contribution is -2.23. The van der Waals surface area contributed by atoms with Crippen LogP contribution in [0.25, 0.3) is 21.8 Å². The standard InChI is InChI=1S/C25H26N4O4S/c1-3-4-5-8-13-29-23(31)18-9-6-7-10-19(18)27-25(29)34-15-21-26-20-14-16(24(32)33-2)11-12-17(20)22(30)28-21/h6-7,9-12,14H,3-5,8,13,15H2,1-2H3,(H,26,28,30). The van der Waals surface area contributed by atoms with E-state index < -0.39 is 5.97 Å². The maximum Gasteiger partial charge on any atom is 0.337 e. The Bertz CT molecular complexity index is 1460. The minimum atomic E-state index is -0.493. The van der Waals surface area contributed by atoms with E-state index in [-0.39, 0.29) is 11.1 Å². The molecule has 0 amide bonds. The van der Waals surface area contributed by atoms with Crippen LogP contribution in [-0.2, 0) is 17.0 Å². The van der Waals surface area contributed by atoms with Crippen LogP contribution in [0.3, 0.4) is 0 Å². The third kappa shape index (κ3) is 5.04. The normalized spacial score (nSPS) is 11.2. The average molecular weight is 479 g/mol. The first kappa shape index (κ1) is 23.7. The molecular weight excluding hydrogens is 452 g/mol. The molecule has 0 aliphatic heterocycles. The van der Waals surface area contributed by atoms with Gasteiger partial charge in [-0.3, -0.25) is 14.2 Å². The van der Waals surface area contributed by atoms with Gasteiger partial charge in [-0.05, 0) is 36.8 Å². The van der Waals surface area contributed by atoms with E-state index >= 15 is 0 Å². The number of aromatic nitrogens is 4. The highest BCUT2D eigenvalue weighted by Crippen LogP contribution is 2.22. The van der Waals surface area contributed by atoms with Crippen molar-refractivity contribution in [2.45, 2.75) is 50.1 Å². The lowest BCUT2D eigenvalue weighted by molar-refractivity contribution is 0.0601. The number of esters is 1. The molecule has 0 aliphatic rings. The van der Waals surface area contributed by atoms with E-state index in [1.165, 1.54) is 24.9 Å². The van der Waals surface area contributed by atoms with Crippen molar-refractivity contribution < 1.29 is 9.53 Å².